The van der Waals surface area contributed by atoms with Crippen LogP contribution in [0, 0.1) is 6.92 Å². The maximum atomic E-state index is 12.6. The lowest BCUT2D eigenvalue weighted by Gasteiger charge is -2.18. The molecule has 0 saturated heterocycles. The molecule has 0 saturated carbocycles. The lowest BCUT2D eigenvalue weighted by atomic mass is 10.1. The van der Waals surface area contributed by atoms with Crippen LogP contribution in [0.2, 0.25) is 0 Å². The Hall–Kier alpha value is -2.66. The van der Waals surface area contributed by atoms with Gasteiger partial charge in [-0.25, -0.2) is 0 Å². The number of hydrogen-bond acceptors (Lipinski definition) is 5. The van der Waals surface area contributed by atoms with Crippen molar-refractivity contribution in [3.63, 3.8) is 0 Å². The predicted octanol–water partition coefficient (Wildman–Crippen LogP) is 5.71. The van der Waals surface area contributed by atoms with Crippen LogP contribution in [-0.2, 0) is 0 Å². The van der Waals surface area contributed by atoms with E-state index in [0.29, 0.717) is 23.7 Å². The molecule has 1 heterocycles. The number of hydrogen-bond donors (Lipinski definition) is 0. The SMILES string of the molecule is COc1ccc([C@@H](CC(=O)c2ccco2)Sc2ccc(C)cc2)cc1OC. The van der Waals surface area contributed by atoms with Gasteiger partial charge in [0.25, 0.3) is 0 Å². The third kappa shape index (κ3) is 4.74. The first-order valence-corrected chi connectivity index (χ1v) is 9.50. The van der Waals surface area contributed by atoms with Gasteiger partial charge in [0.15, 0.2) is 23.0 Å². The molecule has 4 nitrogen and oxygen atoms in total. The van der Waals surface area contributed by atoms with Crippen LogP contribution in [-0.4, -0.2) is 20.0 Å². The van der Waals surface area contributed by atoms with E-state index in [-0.39, 0.29) is 11.0 Å². The Labute approximate surface area is 163 Å². The van der Waals surface area contributed by atoms with Crippen molar-refractivity contribution in [3.8, 4) is 11.5 Å². The maximum Gasteiger partial charge on any atom is 0.199 e. The third-order valence-electron chi connectivity index (χ3n) is 4.25. The molecule has 1 aromatic heterocycles. The molecule has 0 bridgehead atoms. The van der Waals surface area contributed by atoms with E-state index in [4.69, 9.17) is 13.9 Å². The highest BCUT2D eigenvalue weighted by atomic mass is 32.2. The molecule has 0 spiro atoms. The number of furan rings is 1. The number of rotatable bonds is 8. The summed E-state index contributed by atoms with van der Waals surface area (Å²) >= 11 is 1.65. The first-order chi connectivity index (χ1) is 13.1. The summed E-state index contributed by atoms with van der Waals surface area (Å²) in [5.74, 6) is 1.66. The molecule has 27 heavy (non-hydrogen) atoms. The molecule has 2 aromatic carbocycles. The summed E-state index contributed by atoms with van der Waals surface area (Å²) in [6, 6.07) is 17.5. The summed E-state index contributed by atoms with van der Waals surface area (Å²) in [4.78, 5) is 13.8. The van der Waals surface area contributed by atoms with Crippen LogP contribution in [0.4, 0.5) is 0 Å². The van der Waals surface area contributed by atoms with Crippen LogP contribution < -0.4 is 9.47 Å². The number of benzene rings is 2. The molecule has 0 aliphatic rings. The highest BCUT2D eigenvalue weighted by Crippen LogP contribution is 2.41. The number of Topliss-reactive ketones (excluding diaryl/α,β-unsaturated/α-hetero) is 1. The van der Waals surface area contributed by atoms with Gasteiger partial charge in [-0.1, -0.05) is 23.8 Å². The summed E-state index contributed by atoms with van der Waals surface area (Å²) in [5, 5.41) is -0.0786. The minimum atomic E-state index is -0.0786. The van der Waals surface area contributed by atoms with Gasteiger partial charge >= 0.3 is 0 Å². The average Bonchev–Trinajstić information content (AvgIpc) is 3.23. The standard InChI is InChI=1S/C22H22O4S/c1-15-6-9-17(10-7-15)27-22(14-18(23)19-5-4-12-26-19)16-8-11-20(24-2)21(13-16)25-3/h4-13,22H,14H2,1-3H3/t22-/m1/s1. The number of carbonyl (C=O) groups is 1. The molecule has 0 fully saturated rings. The van der Waals surface area contributed by atoms with Gasteiger partial charge in [0, 0.05) is 16.6 Å². The summed E-state index contributed by atoms with van der Waals surface area (Å²) in [7, 11) is 3.22. The second kappa shape index (κ2) is 8.82. The second-order valence-electron chi connectivity index (χ2n) is 6.14. The van der Waals surface area contributed by atoms with Crippen molar-refractivity contribution in [1.29, 1.82) is 0 Å². The fraction of sp³-hybridized carbons (Fsp3) is 0.227. The van der Waals surface area contributed by atoms with E-state index >= 15 is 0 Å². The number of ketones is 1. The lowest BCUT2D eigenvalue weighted by Crippen LogP contribution is -2.05. The first kappa shape index (κ1) is 19.1. The quantitative estimate of drug-likeness (QED) is 0.369. The van der Waals surface area contributed by atoms with Crippen LogP contribution in [0.15, 0.2) is 70.2 Å². The monoisotopic (exact) mass is 382 g/mol. The summed E-state index contributed by atoms with van der Waals surface area (Å²) in [6.07, 6.45) is 1.84. The summed E-state index contributed by atoms with van der Waals surface area (Å²) in [6.45, 7) is 2.06. The first-order valence-electron chi connectivity index (χ1n) is 8.62. The number of thioether (sulfide) groups is 1. The number of methoxy groups -OCH3 is 2. The predicted molar refractivity (Wildman–Crippen MR) is 107 cm³/mol. The summed E-state index contributed by atoms with van der Waals surface area (Å²) in [5.41, 5.74) is 2.20. The number of aryl methyl sites for hydroxylation is 1. The van der Waals surface area contributed by atoms with Crippen molar-refractivity contribution in [1.82, 2.24) is 0 Å². The topological polar surface area (TPSA) is 48.7 Å². The van der Waals surface area contributed by atoms with Gasteiger partial charge < -0.3 is 13.9 Å². The smallest absolute Gasteiger partial charge is 0.199 e. The minimum Gasteiger partial charge on any atom is -0.493 e. The molecule has 0 radical (unpaired) electrons. The van der Waals surface area contributed by atoms with E-state index in [0.717, 1.165) is 10.5 Å². The zero-order valence-corrected chi connectivity index (χ0v) is 16.4. The Bertz CT molecular complexity index is 885. The third-order valence-corrected chi connectivity index (χ3v) is 5.51. The molecular formula is C22H22O4S. The van der Waals surface area contributed by atoms with Crippen molar-refractivity contribution in [2.75, 3.05) is 14.2 Å². The average molecular weight is 382 g/mol. The highest BCUT2D eigenvalue weighted by Gasteiger charge is 2.21. The number of ether oxygens (including phenoxy) is 2. The zero-order chi connectivity index (χ0) is 19.2. The molecular weight excluding hydrogens is 360 g/mol. The molecule has 0 aliphatic heterocycles. The molecule has 5 heteroatoms. The largest absolute Gasteiger partial charge is 0.493 e. The van der Waals surface area contributed by atoms with Gasteiger partial charge in [0.1, 0.15) is 0 Å². The van der Waals surface area contributed by atoms with Crippen LogP contribution in [0.5, 0.6) is 11.5 Å². The van der Waals surface area contributed by atoms with Crippen LogP contribution >= 0.6 is 11.8 Å². The minimum absolute atomic E-state index is 0.0283. The van der Waals surface area contributed by atoms with E-state index in [1.165, 1.54) is 11.8 Å². The van der Waals surface area contributed by atoms with Gasteiger partial charge in [-0.3, -0.25) is 4.79 Å². The van der Waals surface area contributed by atoms with Gasteiger partial charge in [-0.2, -0.15) is 0 Å². The van der Waals surface area contributed by atoms with Gasteiger partial charge in [-0.05, 0) is 48.9 Å². The summed E-state index contributed by atoms with van der Waals surface area (Å²) < 4.78 is 16.0. The van der Waals surface area contributed by atoms with E-state index in [2.05, 4.69) is 31.2 Å². The van der Waals surface area contributed by atoms with Crippen molar-refractivity contribution < 1.29 is 18.7 Å². The Morgan fingerprint density at radius 1 is 1.04 bits per heavy atom. The van der Waals surface area contributed by atoms with Crippen LogP contribution in [0.3, 0.4) is 0 Å². The fourth-order valence-corrected chi connectivity index (χ4v) is 3.91. The molecule has 0 N–H and O–H groups in total. The van der Waals surface area contributed by atoms with Gasteiger partial charge in [-0.15, -0.1) is 11.8 Å². The Kier molecular flexibility index (Phi) is 6.24. The Morgan fingerprint density at radius 3 is 2.41 bits per heavy atom. The van der Waals surface area contributed by atoms with E-state index in [1.807, 2.05) is 18.2 Å². The van der Waals surface area contributed by atoms with Crippen molar-refractivity contribution in [2.45, 2.75) is 23.5 Å². The molecule has 0 amide bonds. The van der Waals surface area contributed by atoms with Gasteiger partial charge in [0.05, 0.1) is 20.5 Å². The second-order valence-corrected chi connectivity index (χ2v) is 7.41. The normalized spacial score (nSPS) is 11.8. The Morgan fingerprint density at radius 2 is 1.78 bits per heavy atom. The fourth-order valence-electron chi connectivity index (χ4n) is 2.77. The van der Waals surface area contributed by atoms with E-state index in [1.54, 1.807) is 38.1 Å². The van der Waals surface area contributed by atoms with Gasteiger partial charge in [0.2, 0.25) is 0 Å². The van der Waals surface area contributed by atoms with Crippen LogP contribution in [0.1, 0.15) is 33.4 Å². The van der Waals surface area contributed by atoms with Crippen molar-refractivity contribution in [2.24, 2.45) is 0 Å². The van der Waals surface area contributed by atoms with Crippen molar-refractivity contribution in [3.05, 3.63) is 77.7 Å². The zero-order valence-electron chi connectivity index (χ0n) is 15.6. The molecule has 3 rings (SSSR count). The maximum absolute atomic E-state index is 12.6. The highest BCUT2D eigenvalue weighted by molar-refractivity contribution is 7.99. The molecule has 1 atom stereocenters. The van der Waals surface area contributed by atoms with E-state index in [9.17, 15) is 4.79 Å². The Balaban J connectivity index is 1.91. The molecule has 140 valence electrons. The number of carbonyl (C=O) groups excluding carboxylic acids is 1. The van der Waals surface area contributed by atoms with Crippen LogP contribution in [0.25, 0.3) is 0 Å². The molecule has 0 aliphatic carbocycles. The van der Waals surface area contributed by atoms with E-state index < -0.39 is 0 Å². The molecule has 3 aromatic rings. The lowest BCUT2D eigenvalue weighted by molar-refractivity contribution is 0.0955. The van der Waals surface area contributed by atoms with Crippen molar-refractivity contribution >= 4 is 17.5 Å². The molecule has 0 unspecified atom stereocenters.